The molecule has 2 aliphatic rings. The van der Waals surface area contributed by atoms with Gasteiger partial charge in [-0.1, -0.05) is 0 Å². The van der Waals surface area contributed by atoms with Gasteiger partial charge in [-0.05, 0) is 62.1 Å². The van der Waals surface area contributed by atoms with E-state index in [4.69, 9.17) is 0 Å². The van der Waals surface area contributed by atoms with Gasteiger partial charge in [0.2, 0.25) is 0 Å². The summed E-state index contributed by atoms with van der Waals surface area (Å²) in [4.78, 5) is 14.6. The highest BCUT2D eigenvalue weighted by molar-refractivity contribution is 6.05. The second-order valence-corrected chi connectivity index (χ2v) is 6.51. The monoisotopic (exact) mass is 364 g/mol. The fourth-order valence-electron chi connectivity index (χ4n) is 3.63. The zero-order valence-electron chi connectivity index (χ0n) is 13.9. The number of piperidine rings is 1. The Kier molecular flexibility index (Phi) is 5.39. The lowest BCUT2D eigenvalue weighted by Crippen LogP contribution is -2.36. The van der Waals surface area contributed by atoms with E-state index in [2.05, 4.69) is 10.4 Å². The molecule has 1 saturated heterocycles. The number of nitrogens with one attached hydrogen (secondary N) is 1. The molecule has 134 valence electrons. The molecule has 1 N–H and O–H groups in total. The van der Waals surface area contributed by atoms with Gasteiger partial charge in [0.1, 0.15) is 5.82 Å². The number of carbonyl (C=O) groups excluding carboxylic acids is 1. The van der Waals surface area contributed by atoms with Crippen LogP contribution in [-0.2, 0) is 6.42 Å². The van der Waals surface area contributed by atoms with E-state index in [1.807, 2.05) is 10.9 Å². The van der Waals surface area contributed by atoms with E-state index >= 15 is 0 Å². The third-order valence-electron chi connectivity index (χ3n) is 4.88. The number of nitrogens with zero attached hydrogens (tertiary/aromatic N) is 3. The first-order valence-electron chi connectivity index (χ1n) is 8.58. The van der Waals surface area contributed by atoms with Crippen molar-refractivity contribution < 1.29 is 9.18 Å². The Morgan fingerprint density at radius 1 is 1.28 bits per heavy atom. The van der Waals surface area contributed by atoms with Crippen LogP contribution in [0.2, 0.25) is 0 Å². The minimum atomic E-state index is -0.253. The van der Waals surface area contributed by atoms with Gasteiger partial charge in [0.15, 0.2) is 5.69 Å². The van der Waals surface area contributed by atoms with Crippen LogP contribution in [0.5, 0.6) is 0 Å². The second kappa shape index (κ2) is 7.54. The Labute approximate surface area is 152 Å². The van der Waals surface area contributed by atoms with E-state index in [0.717, 1.165) is 50.0 Å². The molecule has 1 amide bonds. The molecule has 1 aromatic carbocycles. The molecule has 0 aliphatic carbocycles. The van der Waals surface area contributed by atoms with Crippen molar-refractivity contribution in [3.8, 4) is 0 Å². The third-order valence-corrected chi connectivity index (χ3v) is 4.88. The van der Waals surface area contributed by atoms with Crippen molar-refractivity contribution in [1.29, 1.82) is 0 Å². The maximum absolute atomic E-state index is 13.4. The zero-order chi connectivity index (χ0) is 16.5. The highest BCUT2D eigenvalue weighted by atomic mass is 35.5. The second-order valence-electron chi connectivity index (χ2n) is 6.51. The molecule has 0 spiro atoms. The Morgan fingerprint density at radius 2 is 2.16 bits per heavy atom. The van der Waals surface area contributed by atoms with E-state index < -0.39 is 0 Å². The first kappa shape index (κ1) is 17.9. The fourth-order valence-corrected chi connectivity index (χ4v) is 3.63. The molecule has 2 aliphatic heterocycles. The first-order valence-corrected chi connectivity index (χ1v) is 8.58. The summed E-state index contributed by atoms with van der Waals surface area (Å²) in [5, 5.41) is 7.87. The molecule has 1 atom stereocenters. The van der Waals surface area contributed by atoms with E-state index in [1.54, 1.807) is 17.0 Å². The molecule has 1 fully saturated rings. The molecule has 3 heterocycles. The molecular weight excluding hydrogens is 343 g/mol. The van der Waals surface area contributed by atoms with E-state index in [-0.39, 0.29) is 24.1 Å². The lowest BCUT2D eigenvalue weighted by atomic mass is 10.0. The topological polar surface area (TPSA) is 50.2 Å². The molecule has 0 bridgehead atoms. The van der Waals surface area contributed by atoms with Crippen LogP contribution in [0, 0.1) is 5.82 Å². The average Bonchev–Trinajstić information content (AvgIpc) is 3.11. The number of benzene rings is 1. The van der Waals surface area contributed by atoms with Crippen molar-refractivity contribution in [3.05, 3.63) is 47.5 Å². The number of carbonyl (C=O) groups is 1. The summed E-state index contributed by atoms with van der Waals surface area (Å²) in [6.07, 6.45) is 5.74. The Morgan fingerprint density at radius 3 is 2.96 bits per heavy atom. The number of aryl methyl sites for hydroxylation is 1. The van der Waals surface area contributed by atoms with Crippen molar-refractivity contribution >= 4 is 24.0 Å². The normalized spacial score (nSPS) is 19.9. The molecular formula is C18H22ClFN4O. The molecule has 2 aromatic rings. The van der Waals surface area contributed by atoms with Gasteiger partial charge in [-0.25, -0.2) is 4.39 Å². The predicted molar refractivity (Wildman–Crippen MR) is 97.0 cm³/mol. The van der Waals surface area contributed by atoms with Crippen LogP contribution in [0.15, 0.2) is 30.5 Å². The highest BCUT2D eigenvalue weighted by Gasteiger charge is 2.26. The van der Waals surface area contributed by atoms with Crippen LogP contribution in [0.3, 0.4) is 0 Å². The Balaban J connectivity index is 0.00000182. The molecule has 25 heavy (non-hydrogen) atoms. The summed E-state index contributed by atoms with van der Waals surface area (Å²) >= 11 is 0. The van der Waals surface area contributed by atoms with E-state index in [1.165, 1.54) is 12.1 Å². The molecule has 7 heteroatoms. The fraction of sp³-hybridized carbons (Fsp3) is 0.444. The Hall–Kier alpha value is -1.92. The summed E-state index contributed by atoms with van der Waals surface area (Å²) in [5.41, 5.74) is 2.16. The number of halogens is 2. The van der Waals surface area contributed by atoms with Gasteiger partial charge in [0.25, 0.3) is 5.91 Å². The molecule has 1 unspecified atom stereocenters. The number of aromatic nitrogens is 2. The predicted octanol–water partition coefficient (Wildman–Crippen LogP) is 2.96. The number of hydrogen-bond donors (Lipinski definition) is 1. The summed E-state index contributed by atoms with van der Waals surface area (Å²) in [6.45, 7) is 2.58. The smallest absolute Gasteiger partial charge is 0.278 e. The van der Waals surface area contributed by atoms with Crippen LogP contribution >= 0.6 is 12.4 Å². The van der Waals surface area contributed by atoms with Crippen molar-refractivity contribution in [2.24, 2.45) is 0 Å². The van der Waals surface area contributed by atoms with Gasteiger partial charge in [-0.2, -0.15) is 5.10 Å². The van der Waals surface area contributed by atoms with Gasteiger partial charge in [-0.3, -0.25) is 9.48 Å². The van der Waals surface area contributed by atoms with Crippen molar-refractivity contribution in [2.75, 3.05) is 24.5 Å². The van der Waals surface area contributed by atoms with E-state index in [9.17, 15) is 9.18 Å². The van der Waals surface area contributed by atoms with Gasteiger partial charge in [0, 0.05) is 25.0 Å². The molecule has 4 rings (SSSR count). The number of amides is 1. The molecule has 0 saturated carbocycles. The maximum atomic E-state index is 13.4. The summed E-state index contributed by atoms with van der Waals surface area (Å²) < 4.78 is 15.3. The molecule has 5 nitrogen and oxygen atoms in total. The van der Waals surface area contributed by atoms with Gasteiger partial charge >= 0.3 is 0 Å². The van der Waals surface area contributed by atoms with Gasteiger partial charge in [0.05, 0.1) is 6.04 Å². The van der Waals surface area contributed by atoms with Crippen LogP contribution in [0.1, 0.15) is 41.4 Å². The van der Waals surface area contributed by atoms with Gasteiger partial charge in [-0.15, -0.1) is 12.4 Å². The number of rotatable bonds is 2. The molecule has 1 aromatic heterocycles. The minimum Gasteiger partial charge on any atom is -0.315 e. The maximum Gasteiger partial charge on any atom is 0.278 e. The molecule has 0 radical (unpaired) electrons. The zero-order valence-corrected chi connectivity index (χ0v) is 14.8. The summed E-state index contributed by atoms with van der Waals surface area (Å²) in [7, 11) is 0. The summed E-state index contributed by atoms with van der Waals surface area (Å²) in [5.74, 6) is -0.359. The largest absolute Gasteiger partial charge is 0.315 e. The quantitative estimate of drug-likeness (QED) is 0.891. The van der Waals surface area contributed by atoms with E-state index in [0.29, 0.717) is 18.3 Å². The van der Waals surface area contributed by atoms with Crippen LogP contribution in [-0.4, -0.2) is 35.3 Å². The van der Waals surface area contributed by atoms with Crippen molar-refractivity contribution in [2.45, 2.75) is 31.7 Å². The Bertz CT molecular complexity index is 757. The third kappa shape index (κ3) is 3.55. The number of fused-ring (bicyclic) bond motifs is 1. The van der Waals surface area contributed by atoms with Crippen molar-refractivity contribution in [3.63, 3.8) is 0 Å². The lowest BCUT2D eigenvalue weighted by Gasteiger charge is -2.29. The van der Waals surface area contributed by atoms with Crippen LogP contribution in [0.4, 0.5) is 10.1 Å². The van der Waals surface area contributed by atoms with Crippen molar-refractivity contribution in [1.82, 2.24) is 15.1 Å². The standard InChI is InChI=1S/C18H21FN4O.ClH/c19-14-5-6-17-13(11-14)3-2-9-22(17)18(24)16-7-10-23(21-16)15-4-1-8-20-12-15;/h5-7,10-11,15,20H,1-4,8-9,12H2;1H. The first-order chi connectivity index (χ1) is 11.7. The highest BCUT2D eigenvalue weighted by Crippen LogP contribution is 2.29. The number of anilines is 1. The lowest BCUT2D eigenvalue weighted by molar-refractivity contribution is 0.0979. The summed E-state index contributed by atoms with van der Waals surface area (Å²) in [6, 6.07) is 6.74. The van der Waals surface area contributed by atoms with Gasteiger partial charge < -0.3 is 10.2 Å². The van der Waals surface area contributed by atoms with Crippen LogP contribution < -0.4 is 10.2 Å². The average molecular weight is 365 g/mol. The number of hydrogen-bond acceptors (Lipinski definition) is 3. The minimum absolute atomic E-state index is 0. The SMILES string of the molecule is Cl.O=C(c1ccn(C2CCCNC2)n1)N1CCCc2cc(F)ccc21. The van der Waals surface area contributed by atoms with Crippen LogP contribution in [0.25, 0.3) is 0 Å².